The first-order valence-electron chi connectivity index (χ1n) is 11.5. The molecule has 35 heavy (non-hydrogen) atoms. The minimum absolute atomic E-state index is 0.0438. The number of benzene rings is 2. The molecule has 5 rings (SSSR count). The standard InChI is InChI=1S/C26H26ClN3O4S/c1-33-22-13-19(6-7-21(22)25(31)29-15-20-14-28-9-11-34-20)30-10-8-17-12-23(35-24(17)26(30)32)16-2-4-18(27)5-3-16/h2-7,12-13,20,28H,8-11,14-15H2,1H3,(H,29,31). The molecule has 1 saturated heterocycles. The number of hydrogen-bond acceptors (Lipinski definition) is 6. The number of hydrogen-bond donors (Lipinski definition) is 2. The second-order valence-electron chi connectivity index (χ2n) is 8.47. The third kappa shape index (κ3) is 5.06. The van der Waals surface area contributed by atoms with Gasteiger partial charge in [0.05, 0.1) is 30.3 Å². The van der Waals surface area contributed by atoms with Crippen LogP contribution in [0.25, 0.3) is 10.4 Å². The van der Waals surface area contributed by atoms with Crippen LogP contribution >= 0.6 is 22.9 Å². The fourth-order valence-corrected chi connectivity index (χ4v) is 5.63. The van der Waals surface area contributed by atoms with Crippen LogP contribution in [-0.4, -0.2) is 57.8 Å². The number of rotatable bonds is 6. The van der Waals surface area contributed by atoms with Crippen LogP contribution < -0.4 is 20.3 Å². The zero-order valence-corrected chi connectivity index (χ0v) is 20.9. The molecule has 0 spiro atoms. The lowest BCUT2D eigenvalue weighted by Gasteiger charge is -2.27. The van der Waals surface area contributed by atoms with Gasteiger partial charge < -0.3 is 25.0 Å². The fraction of sp³-hybridized carbons (Fsp3) is 0.308. The summed E-state index contributed by atoms with van der Waals surface area (Å²) in [6.07, 6.45) is 0.701. The molecule has 2 aromatic carbocycles. The van der Waals surface area contributed by atoms with E-state index in [0.717, 1.165) is 33.8 Å². The Morgan fingerprint density at radius 3 is 2.83 bits per heavy atom. The van der Waals surface area contributed by atoms with Crippen molar-refractivity contribution in [1.29, 1.82) is 0 Å². The highest BCUT2D eigenvalue weighted by molar-refractivity contribution is 7.17. The largest absolute Gasteiger partial charge is 0.496 e. The molecule has 0 saturated carbocycles. The normalized spacial score (nSPS) is 17.7. The summed E-state index contributed by atoms with van der Waals surface area (Å²) in [6, 6.07) is 15.0. The molecule has 0 radical (unpaired) electrons. The minimum Gasteiger partial charge on any atom is -0.496 e. The zero-order chi connectivity index (χ0) is 24.4. The van der Waals surface area contributed by atoms with Crippen LogP contribution in [-0.2, 0) is 11.2 Å². The van der Waals surface area contributed by atoms with Crippen LogP contribution in [0.2, 0.25) is 5.02 Å². The number of nitrogens with zero attached hydrogens (tertiary/aromatic N) is 1. The number of ether oxygens (including phenoxy) is 2. The number of fused-ring (bicyclic) bond motifs is 1. The van der Waals surface area contributed by atoms with Gasteiger partial charge in [-0.05, 0) is 47.9 Å². The molecule has 1 unspecified atom stereocenters. The van der Waals surface area contributed by atoms with Gasteiger partial charge >= 0.3 is 0 Å². The van der Waals surface area contributed by atoms with Gasteiger partial charge in [-0.25, -0.2) is 0 Å². The first kappa shape index (κ1) is 23.8. The van der Waals surface area contributed by atoms with Gasteiger partial charge in [0.2, 0.25) is 0 Å². The van der Waals surface area contributed by atoms with Gasteiger partial charge in [-0.1, -0.05) is 23.7 Å². The summed E-state index contributed by atoms with van der Waals surface area (Å²) in [5.74, 6) is 0.146. The Kier molecular flexibility index (Phi) is 7.06. The fourth-order valence-electron chi connectivity index (χ4n) is 4.34. The molecule has 2 aliphatic rings. The number of carbonyl (C=O) groups excluding carboxylic acids is 2. The SMILES string of the molecule is COc1cc(N2CCc3cc(-c4ccc(Cl)cc4)sc3C2=O)ccc1C(=O)NCC1CNCCO1. The molecule has 2 amide bonds. The first-order chi connectivity index (χ1) is 17.0. The van der Waals surface area contributed by atoms with E-state index >= 15 is 0 Å². The Morgan fingerprint density at radius 1 is 1.26 bits per heavy atom. The van der Waals surface area contributed by atoms with E-state index in [4.69, 9.17) is 21.1 Å². The van der Waals surface area contributed by atoms with Crippen LogP contribution in [0.5, 0.6) is 5.75 Å². The van der Waals surface area contributed by atoms with Crippen molar-refractivity contribution < 1.29 is 19.1 Å². The molecule has 3 aromatic rings. The average molecular weight is 512 g/mol. The smallest absolute Gasteiger partial charge is 0.268 e. The van der Waals surface area contributed by atoms with Crippen LogP contribution in [0, 0.1) is 0 Å². The molecule has 7 nitrogen and oxygen atoms in total. The van der Waals surface area contributed by atoms with Crippen molar-refractivity contribution in [1.82, 2.24) is 10.6 Å². The molecule has 2 N–H and O–H groups in total. The van der Waals surface area contributed by atoms with Gasteiger partial charge in [0.25, 0.3) is 11.8 Å². The van der Waals surface area contributed by atoms with E-state index in [0.29, 0.717) is 48.3 Å². The third-order valence-electron chi connectivity index (χ3n) is 6.22. The van der Waals surface area contributed by atoms with Gasteiger partial charge in [-0.15, -0.1) is 11.3 Å². The summed E-state index contributed by atoms with van der Waals surface area (Å²) in [5, 5.41) is 6.84. The van der Waals surface area contributed by atoms with Gasteiger partial charge in [0, 0.05) is 47.8 Å². The Morgan fingerprint density at radius 2 is 2.09 bits per heavy atom. The van der Waals surface area contributed by atoms with E-state index < -0.39 is 0 Å². The highest BCUT2D eigenvalue weighted by Crippen LogP contribution is 2.37. The van der Waals surface area contributed by atoms with Crippen molar-refractivity contribution in [2.24, 2.45) is 0 Å². The van der Waals surface area contributed by atoms with E-state index in [1.807, 2.05) is 24.3 Å². The number of carbonyl (C=O) groups is 2. The molecule has 3 heterocycles. The maximum Gasteiger partial charge on any atom is 0.268 e. The lowest BCUT2D eigenvalue weighted by Crippen LogP contribution is -2.45. The first-order valence-corrected chi connectivity index (χ1v) is 12.7. The third-order valence-corrected chi connectivity index (χ3v) is 7.68. The summed E-state index contributed by atoms with van der Waals surface area (Å²) in [7, 11) is 1.53. The second kappa shape index (κ2) is 10.4. The van der Waals surface area contributed by atoms with Crippen LogP contribution in [0.3, 0.4) is 0 Å². The molecule has 1 aromatic heterocycles. The van der Waals surface area contributed by atoms with Crippen molar-refractivity contribution >= 4 is 40.4 Å². The Labute approximate surface area is 213 Å². The van der Waals surface area contributed by atoms with Crippen molar-refractivity contribution in [3.8, 4) is 16.2 Å². The molecule has 9 heteroatoms. The minimum atomic E-state index is -0.235. The predicted octanol–water partition coefficient (Wildman–Crippen LogP) is 4.00. The Balaban J connectivity index is 1.32. The molecule has 0 aliphatic carbocycles. The number of methoxy groups -OCH3 is 1. The average Bonchev–Trinajstić information content (AvgIpc) is 3.33. The molecule has 2 aliphatic heterocycles. The maximum absolute atomic E-state index is 13.4. The van der Waals surface area contributed by atoms with Gasteiger partial charge in [-0.2, -0.15) is 0 Å². The van der Waals surface area contributed by atoms with Crippen molar-refractivity contribution in [2.45, 2.75) is 12.5 Å². The van der Waals surface area contributed by atoms with Crippen molar-refractivity contribution in [3.63, 3.8) is 0 Å². The Bertz CT molecular complexity index is 1240. The lowest BCUT2D eigenvalue weighted by molar-refractivity contribution is 0.0287. The van der Waals surface area contributed by atoms with E-state index in [9.17, 15) is 9.59 Å². The molecule has 182 valence electrons. The van der Waals surface area contributed by atoms with Gasteiger partial charge in [-0.3, -0.25) is 9.59 Å². The molecule has 1 atom stereocenters. The van der Waals surface area contributed by atoms with E-state index in [2.05, 4.69) is 16.7 Å². The van der Waals surface area contributed by atoms with E-state index in [1.54, 1.807) is 23.1 Å². The molecular weight excluding hydrogens is 486 g/mol. The monoisotopic (exact) mass is 511 g/mol. The van der Waals surface area contributed by atoms with Gasteiger partial charge in [0.15, 0.2) is 0 Å². The highest BCUT2D eigenvalue weighted by Gasteiger charge is 2.29. The van der Waals surface area contributed by atoms with Crippen LogP contribution in [0.15, 0.2) is 48.5 Å². The summed E-state index contributed by atoms with van der Waals surface area (Å²) in [5.41, 5.74) is 3.23. The lowest BCUT2D eigenvalue weighted by atomic mass is 10.0. The van der Waals surface area contributed by atoms with Crippen LogP contribution in [0.4, 0.5) is 5.69 Å². The summed E-state index contributed by atoms with van der Waals surface area (Å²) < 4.78 is 11.2. The van der Waals surface area contributed by atoms with Crippen molar-refractivity contribution in [3.05, 3.63) is 69.6 Å². The number of anilines is 1. The highest BCUT2D eigenvalue weighted by atomic mass is 35.5. The van der Waals surface area contributed by atoms with E-state index in [1.165, 1.54) is 18.4 Å². The number of morpholine rings is 1. The number of thiophene rings is 1. The quantitative estimate of drug-likeness (QED) is 0.523. The maximum atomic E-state index is 13.4. The summed E-state index contributed by atoms with van der Waals surface area (Å²) >= 11 is 7.51. The summed E-state index contributed by atoms with van der Waals surface area (Å²) in [6.45, 7) is 3.14. The zero-order valence-electron chi connectivity index (χ0n) is 19.3. The number of amides is 2. The Hall–Kier alpha value is -2.91. The topological polar surface area (TPSA) is 79.9 Å². The van der Waals surface area contributed by atoms with E-state index in [-0.39, 0.29) is 17.9 Å². The predicted molar refractivity (Wildman–Crippen MR) is 138 cm³/mol. The number of nitrogens with one attached hydrogen (secondary N) is 2. The molecule has 1 fully saturated rings. The second-order valence-corrected chi connectivity index (χ2v) is 9.96. The van der Waals surface area contributed by atoms with Crippen molar-refractivity contribution in [2.75, 3.05) is 44.8 Å². The molecular formula is C26H26ClN3O4S. The van der Waals surface area contributed by atoms with Crippen LogP contribution in [0.1, 0.15) is 25.6 Å². The number of halogens is 1. The molecule has 0 bridgehead atoms. The summed E-state index contributed by atoms with van der Waals surface area (Å²) in [4.78, 5) is 29.7. The van der Waals surface area contributed by atoms with Gasteiger partial charge in [0.1, 0.15) is 5.75 Å².